The Hall–Kier alpha value is -1.68. The SMILES string of the molecule is Cc1ccc(C(=O)NCc2cscn2)cc1. The van der Waals surface area contributed by atoms with Gasteiger partial charge in [-0.2, -0.15) is 0 Å². The van der Waals surface area contributed by atoms with Crippen molar-refractivity contribution < 1.29 is 4.79 Å². The summed E-state index contributed by atoms with van der Waals surface area (Å²) in [4.78, 5) is 15.8. The van der Waals surface area contributed by atoms with E-state index in [9.17, 15) is 4.79 Å². The van der Waals surface area contributed by atoms with E-state index in [2.05, 4.69) is 10.3 Å². The zero-order valence-corrected chi connectivity index (χ0v) is 9.75. The van der Waals surface area contributed by atoms with E-state index < -0.39 is 0 Å². The molecule has 1 heterocycles. The Morgan fingerprint density at radius 1 is 1.38 bits per heavy atom. The van der Waals surface area contributed by atoms with Crippen molar-refractivity contribution in [2.45, 2.75) is 13.5 Å². The lowest BCUT2D eigenvalue weighted by Crippen LogP contribution is -2.22. The maximum absolute atomic E-state index is 11.7. The fraction of sp³-hybridized carbons (Fsp3) is 0.167. The third-order valence-corrected chi connectivity index (χ3v) is 2.86. The van der Waals surface area contributed by atoms with Gasteiger partial charge in [-0.3, -0.25) is 4.79 Å². The standard InChI is InChI=1S/C12H12N2OS/c1-9-2-4-10(5-3-9)12(15)13-6-11-7-16-8-14-11/h2-5,7-8H,6H2,1H3,(H,13,15). The number of carbonyl (C=O) groups excluding carboxylic acids is 1. The van der Waals surface area contributed by atoms with Crippen LogP contribution in [0.15, 0.2) is 35.2 Å². The zero-order valence-electron chi connectivity index (χ0n) is 8.93. The molecule has 1 aromatic heterocycles. The molecule has 82 valence electrons. The van der Waals surface area contributed by atoms with Crippen molar-refractivity contribution in [1.82, 2.24) is 10.3 Å². The van der Waals surface area contributed by atoms with Crippen LogP contribution in [0.3, 0.4) is 0 Å². The lowest BCUT2D eigenvalue weighted by atomic mass is 10.1. The van der Waals surface area contributed by atoms with Crippen molar-refractivity contribution in [3.8, 4) is 0 Å². The molecule has 0 aliphatic carbocycles. The minimum absolute atomic E-state index is 0.0620. The maximum Gasteiger partial charge on any atom is 0.251 e. The van der Waals surface area contributed by atoms with E-state index in [1.807, 2.05) is 36.6 Å². The Morgan fingerprint density at radius 2 is 2.12 bits per heavy atom. The maximum atomic E-state index is 11.7. The second-order valence-electron chi connectivity index (χ2n) is 3.53. The smallest absolute Gasteiger partial charge is 0.251 e. The molecule has 0 fully saturated rings. The van der Waals surface area contributed by atoms with Crippen LogP contribution >= 0.6 is 11.3 Å². The number of rotatable bonds is 3. The van der Waals surface area contributed by atoms with Gasteiger partial charge in [-0.05, 0) is 19.1 Å². The van der Waals surface area contributed by atoms with Crippen LogP contribution < -0.4 is 5.32 Å². The zero-order chi connectivity index (χ0) is 11.4. The highest BCUT2D eigenvalue weighted by Gasteiger charge is 2.04. The lowest BCUT2D eigenvalue weighted by Gasteiger charge is -2.03. The molecule has 0 spiro atoms. The highest BCUT2D eigenvalue weighted by Crippen LogP contribution is 2.04. The molecule has 0 unspecified atom stereocenters. The van der Waals surface area contributed by atoms with Gasteiger partial charge < -0.3 is 5.32 Å². The second kappa shape index (κ2) is 4.90. The van der Waals surface area contributed by atoms with E-state index in [0.717, 1.165) is 11.3 Å². The van der Waals surface area contributed by atoms with Crippen molar-refractivity contribution in [3.05, 3.63) is 52.0 Å². The predicted octanol–water partition coefficient (Wildman–Crippen LogP) is 2.38. The summed E-state index contributed by atoms with van der Waals surface area (Å²) in [6, 6.07) is 7.51. The Labute approximate surface area is 98.2 Å². The van der Waals surface area contributed by atoms with Crippen molar-refractivity contribution in [2.75, 3.05) is 0 Å². The van der Waals surface area contributed by atoms with E-state index in [1.165, 1.54) is 11.3 Å². The highest BCUT2D eigenvalue weighted by molar-refractivity contribution is 7.07. The average Bonchev–Trinajstić information content (AvgIpc) is 2.80. The van der Waals surface area contributed by atoms with Crippen LogP contribution in [-0.4, -0.2) is 10.9 Å². The first-order valence-corrected chi connectivity index (χ1v) is 5.92. The number of benzene rings is 1. The number of hydrogen-bond donors (Lipinski definition) is 1. The molecule has 16 heavy (non-hydrogen) atoms. The minimum atomic E-state index is -0.0620. The van der Waals surface area contributed by atoms with E-state index in [4.69, 9.17) is 0 Å². The topological polar surface area (TPSA) is 42.0 Å². The summed E-state index contributed by atoms with van der Waals surface area (Å²) in [7, 11) is 0. The molecular weight excluding hydrogens is 220 g/mol. The minimum Gasteiger partial charge on any atom is -0.346 e. The molecular formula is C12H12N2OS. The number of carbonyl (C=O) groups is 1. The summed E-state index contributed by atoms with van der Waals surface area (Å²) in [6.07, 6.45) is 0. The number of nitrogens with one attached hydrogen (secondary N) is 1. The van der Waals surface area contributed by atoms with E-state index in [0.29, 0.717) is 12.1 Å². The summed E-state index contributed by atoms with van der Waals surface area (Å²) in [5, 5.41) is 4.75. The van der Waals surface area contributed by atoms with Crippen LogP contribution in [0, 0.1) is 6.92 Å². The molecule has 1 amide bonds. The monoisotopic (exact) mass is 232 g/mol. The third-order valence-electron chi connectivity index (χ3n) is 2.23. The van der Waals surface area contributed by atoms with Gasteiger partial charge in [0.15, 0.2) is 0 Å². The Morgan fingerprint density at radius 3 is 2.75 bits per heavy atom. The molecule has 0 saturated heterocycles. The summed E-state index contributed by atoms with van der Waals surface area (Å²) in [5.41, 5.74) is 4.48. The van der Waals surface area contributed by atoms with Crippen LogP contribution in [-0.2, 0) is 6.54 Å². The molecule has 4 heteroatoms. The average molecular weight is 232 g/mol. The Bertz CT molecular complexity index is 462. The quantitative estimate of drug-likeness (QED) is 0.882. The lowest BCUT2D eigenvalue weighted by molar-refractivity contribution is 0.0950. The number of amides is 1. The summed E-state index contributed by atoms with van der Waals surface area (Å²) in [5.74, 6) is -0.0620. The van der Waals surface area contributed by atoms with Gasteiger partial charge in [-0.25, -0.2) is 4.98 Å². The summed E-state index contributed by atoms with van der Waals surface area (Å²) >= 11 is 1.53. The first kappa shape index (κ1) is 10.8. The molecule has 0 bridgehead atoms. The van der Waals surface area contributed by atoms with Crippen LogP contribution in [0.25, 0.3) is 0 Å². The summed E-state index contributed by atoms with van der Waals surface area (Å²) in [6.45, 7) is 2.48. The van der Waals surface area contributed by atoms with Crippen molar-refractivity contribution in [3.63, 3.8) is 0 Å². The molecule has 0 saturated carbocycles. The number of thiazole rings is 1. The molecule has 3 nitrogen and oxygen atoms in total. The van der Waals surface area contributed by atoms with Crippen LogP contribution in [0.5, 0.6) is 0 Å². The van der Waals surface area contributed by atoms with E-state index >= 15 is 0 Å². The van der Waals surface area contributed by atoms with E-state index in [-0.39, 0.29) is 5.91 Å². The Kier molecular flexibility index (Phi) is 3.31. The number of aryl methyl sites for hydroxylation is 1. The van der Waals surface area contributed by atoms with Gasteiger partial charge in [0.25, 0.3) is 5.91 Å². The molecule has 1 N–H and O–H groups in total. The number of aromatic nitrogens is 1. The van der Waals surface area contributed by atoms with Gasteiger partial charge in [-0.1, -0.05) is 17.7 Å². The number of nitrogens with zero attached hydrogens (tertiary/aromatic N) is 1. The molecule has 2 rings (SSSR count). The third kappa shape index (κ3) is 2.67. The fourth-order valence-electron chi connectivity index (χ4n) is 1.30. The van der Waals surface area contributed by atoms with Gasteiger partial charge in [0.2, 0.25) is 0 Å². The van der Waals surface area contributed by atoms with Crippen molar-refractivity contribution in [2.24, 2.45) is 0 Å². The van der Waals surface area contributed by atoms with Gasteiger partial charge in [-0.15, -0.1) is 11.3 Å². The largest absolute Gasteiger partial charge is 0.346 e. The van der Waals surface area contributed by atoms with Crippen molar-refractivity contribution in [1.29, 1.82) is 0 Å². The van der Waals surface area contributed by atoms with Gasteiger partial charge in [0, 0.05) is 10.9 Å². The first-order valence-electron chi connectivity index (χ1n) is 4.97. The summed E-state index contributed by atoms with van der Waals surface area (Å²) < 4.78 is 0. The van der Waals surface area contributed by atoms with Crippen LogP contribution in [0.1, 0.15) is 21.6 Å². The van der Waals surface area contributed by atoms with E-state index in [1.54, 1.807) is 5.51 Å². The van der Waals surface area contributed by atoms with Crippen molar-refractivity contribution >= 4 is 17.2 Å². The van der Waals surface area contributed by atoms with Crippen LogP contribution in [0.4, 0.5) is 0 Å². The predicted molar refractivity (Wildman–Crippen MR) is 64.5 cm³/mol. The van der Waals surface area contributed by atoms with Gasteiger partial charge >= 0.3 is 0 Å². The second-order valence-corrected chi connectivity index (χ2v) is 4.25. The number of hydrogen-bond acceptors (Lipinski definition) is 3. The molecule has 2 aromatic rings. The van der Waals surface area contributed by atoms with Crippen LogP contribution in [0.2, 0.25) is 0 Å². The molecule has 0 aliphatic heterocycles. The normalized spacial score (nSPS) is 10.1. The van der Waals surface area contributed by atoms with Gasteiger partial charge in [0.05, 0.1) is 17.7 Å². The molecule has 0 aliphatic rings. The van der Waals surface area contributed by atoms with Gasteiger partial charge in [0.1, 0.15) is 0 Å². The Balaban J connectivity index is 1.95. The first-order chi connectivity index (χ1) is 7.75. The fourth-order valence-corrected chi connectivity index (χ4v) is 1.86. The highest BCUT2D eigenvalue weighted by atomic mass is 32.1. The molecule has 0 radical (unpaired) electrons. The molecule has 1 aromatic carbocycles. The molecule has 0 atom stereocenters.